The van der Waals surface area contributed by atoms with Crippen LogP contribution in [0, 0.1) is 0 Å². The van der Waals surface area contributed by atoms with Crippen LogP contribution in [0.25, 0.3) is 0 Å². The predicted molar refractivity (Wildman–Crippen MR) is 108 cm³/mol. The number of nitrogens with one attached hydrogen (secondary N) is 2. The van der Waals surface area contributed by atoms with Crippen LogP contribution in [0.2, 0.25) is 0 Å². The third-order valence-electron chi connectivity index (χ3n) is 4.52. The van der Waals surface area contributed by atoms with Crippen molar-refractivity contribution < 1.29 is 13.2 Å². The first-order valence-corrected chi connectivity index (χ1v) is 10.6. The molecule has 0 saturated heterocycles. The zero-order valence-electron chi connectivity index (χ0n) is 15.4. The number of hydrogen-bond acceptors (Lipinski definition) is 5. The fourth-order valence-corrected chi connectivity index (χ4v) is 4.05. The summed E-state index contributed by atoms with van der Waals surface area (Å²) in [7, 11) is -2.12. The maximum atomic E-state index is 12.4. The lowest BCUT2D eigenvalue weighted by molar-refractivity contribution is 0.414. The summed E-state index contributed by atoms with van der Waals surface area (Å²) < 4.78 is 32.5. The molecular weight excluding hydrogens is 362 g/mol. The molecule has 2 N–H and O–H groups in total. The van der Waals surface area contributed by atoms with Crippen LogP contribution in [0.5, 0.6) is 5.75 Å². The number of allylic oxidation sites excluding steroid dienone is 1. The van der Waals surface area contributed by atoms with Gasteiger partial charge < -0.3 is 10.1 Å². The van der Waals surface area contributed by atoms with Crippen molar-refractivity contribution in [3.05, 3.63) is 54.2 Å². The van der Waals surface area contributed by atoms with Crippen molar-refractivity contribution in [2.75, 3.05) is 23.7 Å². The number of sulfonamides is 1. The number of ether oxygens (including phenoxy) is 1. The number of pyridine rings is 1. The molecule has 1 aromatic carbocycles. The second-order valence-electron chi connectivity index (χ2n) is 6.50. The predicted octanol–water partition coefficient (Wildman–Crippen LogP) is 4.19. The van der Waals surface area contributed by atoms with E-state index >= 15 is 0 Å². The summed E-state index contributed by atoms with van der Waals surface area (Å²) in [6.07, 6.45) is 9.85. The van der Waals surface area contributed by atoms with Gasteiger partial charge in [-0.25, -0.2) is 13.4 Å². The van der Waals surface area contributed by atoms with Gasteiger partial charge in [0.1, 0.15) is 11.6 Å². The van der Waals surface area contributed by atoms with E-state index in [1.807, 2.05) is 0 Å². The van der Waals surface area contributed by atoms with Crippen LogP contribution in [-0.2, 0) is 10.0 Å². The molecule has 1 aliphatic rings. The maximum absolute atomic E-state index is 12.4. The van der Waals surface area contributed by atoms with Gasteiger partial charge in [0.15, 0.2) is 0 Å². The summed E-state index contributed by atoms with van der Waals surface area (Å²) in [4.78, 5) is 4.46. The monoisotopic (exact) mass is 387 g/mol. The van der Waals surface area contributed by atoms with Crippen LogP contribution in [0.15, 0.2) is 59.1 Å². The molecule has 0 amide bonds. The molecule has 1 heterocycles. The smallest absolute Gasteiger partial charge is 0.261 e. The third-order valence-corrected chi connectivity index (χ3v) is 5.92. The normalized spacial score (nSPS) is 14.3. The van der Waals surface area contributed by atoms with Crippen molar-refractivity contribution >= 4 is 21.5 Å². The highest BCUT2D eigenvalue weighted by Crippen LogP contribution is 2.21. The van der Waals surface area contributed by atoms with E-state index in [0.29, 0.717) is 11.4 Å². The quantitative estimate of drug-likeness (QED) is 0.664. The highest BCUT2D eigenvalue weighted by atomic mass is 32.2. The molecule has 0 unspecified atom stereocenters. The molecule has 0 radical (unpaired) electrons. The molecule has 27 heavy (non-hydrogen) atoms. The van der Waals surface area contributed by atoms with E-state index in [1.165, 1.54) is 56.7 Å². The Labute approximate surface area is 160 Å². The molecule has 3 rings (SSSR count). The SMILES string of the molecule is COc1ccc(S(=O)(=O)Nc2ccc(NCCC3=CCCCC3)nc2)cc1. The Morgan fingerprint density at radius 1 is 1.11 bits per heavy atom. The zero-order valence-corrected chi connectivity index (χ0v) is 16.3. The Balaban J connectivity index is 1.55. The fourth-order valence-electron chi connectivity index (χ4n) is 3.01. The summed E-state index contributed by atoms with van der Waals surface area (Å²) in [6, 6.07) is 9.72. The average Bonchev–Trinajstić information content (AvgIpc) is 2.70. The number of aromatic nitrogens is 1. The minimum absolute atomic E-state index is 0.172. The van der Waals surface area contributed by atoms with Crippen LogP contribution in [0.4, 0.5) is 11.5 Å². The van der Waals surface area contributed by atoms with Gasteiger partial charge in [0.05, 0.1) is 23.9 Å². The van der Waals surface area contributed by atoms with Gasteiger partial charge in [0.25, 0.3) is 10.0 Å². The fraction of sp³-hybridized carbons (Fsp3) is 0.350. The molecule has 0 spiro atoms. The number of hydrogen-bond donors (Lipinski definition) is 2. The van der Waals surface area contributed by atoms with E-state index in [4.69, 9.17) is 4.74 Å². The van der Waals surface area contributed by atoms with Crippen LogP contribution in [-0.4, -0.2) is 27.1 Å². The molecular formula is C20H25N3O3S. The molecule has 0 bridgehead atoms. The average molecular weight is 388 g/mol. The molecule has 1 aliphatic carbocycles. The van der Waals surface area contributed by atoms with E-state index in [2.05, 4.69) is 21.1 Å². The van der Waals surface area contributed by atoms with Crippen molar-refractivity contribution in [3.8, 4) is 5.75 Å². The van der Waals surface area contributed by atoms with E-state index in [0.717, 1.165) is 18.8 Å². The Kier molecular flexibility index (Phi) is 6.34. The Bertz CT molecular complexity index is 876. The van der Waals surface area contributed by atoms with Crippen molar-refractivity contribution in [1.82, 2.24) is 4.98 Å². The summed E-state index contributed by atoms with van der Waals surface area (Å²) in [6.45, 7) is 0.829. The van der Waals surface area contributed by atoms with Gasteiger partial charge in [-0.1, -0.05) is 11.6 Å². The van der Waals surface area contributed by atoms with E-state index < -0.39 is 10.0 Å². The first-order valence-electron chi connectivity index (χ1n) is 9.11. The van der Waals surface area contributed by atoms with Crippen LogP contribution in [0.3, 0.4) is 0 Å². The molecule has 6 nitrogen and oxygen atoms in total. The molecule has 2 aromatic rings. The molecule has 0 aliphatic heterocycles. The number of anilines is 2. The van der Waals surface area contributed by atoms with E-state index in [9.17, 15) is 8.42 Å². The lowest BCUT2D eigenvalue weighted by atomic mass is 9.97. The number of methoxy groups -OCH3 is 1. The van der Waals surface area contributed by atoms with E-state index in [1.54, 1.807) is 24.3 Å². The Morgan fingerprint density at radius 2 is 1.93 bits per heavy atom. The zero-order chi connectivity index (χ0) is 19.1. The summed E-state index contributed by atoms with van der Waals surface area (Å²) in [5.74, 6) is 1.34. The molecule has 0 fully saturated rings. The standard InChI is InChI=1S/C20H25N3O3S/c1-26-18-8-10-19(11-9-18)27(24,25)23-17-7-12-20(22-15-17)21-14-13-16-5-3-2-4-6-16/h5,7-12,15,23H,2-4,6,13-14H2,1H3,(H,21,22). The number of nitrogens with zero attached hydrogens (tertiary/aromatic N) is 1. The minimum Gasteiger partial charge on any atom is -0.497 e. The van der Waals surface area contributed by atoms with Gasteiger partial charge >= 0.3 is 0 Å². The molecule has 0 atom stereocenters. The lowest BCUT2D eigenvalue weighted by Crippen LogP contribution is -2.13. The number of rotatable bonds is 8. The molecule has 0 saturated carbocycles. The minimum atomic E-state index is -3.66. The first-order chi connectivity index (χ1) is 13.1. The van der Waals surface area contributed by atoms with Gasteiger partial charge in [0, 0.05) is 6.54 Å². The van der Waals surface area contributed by atoms with Gasteiger partial charge in [-0.2, -0.15) is 0 Å². The van der Waals surface area contributed by atoms with Crippen LogP contribution >= 0.6 is 0 Å². The molecule has 144 valence electrons. The van der Waals surface area contributed by atoms with Crippen LogP contribution < -0.4 is 14.8 Å². The van der Waals surface area contributed by atoms with Gasteiger partial charge in [-0.3, -0.25) is 4.72 Å². The molecule has 7 heteroatoms. The lowest BCUT2D eigenvalue weighted by Gasteiger charge is -2.13. The highest BCUT2D eigenvalue weighted by Gasteiger charge is 2.14. The number of benzene rings is 1. The topological polar surface area (TPSA) is 80.3 Å². The van der Waals surface area contributed by atoms with Crippen molar-refractivity contribution in [2.24, 2.45) is 0 Å². The van der Waals surface area contributed by atoms with E-state index in [-0.39, 0.29) is 4.90 Å². The van der Waals surface area contributed by atoms with Crippen molar-refractivity contribution in [3.63, 3.8) is 0 Å². The third kappa shape index (κ3) is 5.47. The van der Waals surface area contributed by atoms with Crippen LogP contribution in [0.1, 0.15) is 32.1 Å². The van der Waals surface area contributed by atoms with Gasteiger partial charge in [-0.15, -0.1) is 0 Å². The first kappa shape index (κ1) is 19.2. The second kappa shape index (κ2) is 8.90. The Morgan fingerprint density at radius 3 is 2.56 bits per heavy atom. The van der Waals surface area contributed by atoms with Crippen molar-refractivity contribution in [1.29, 1.82) is 0 Å². The summed E-state index contributed by atoms with van der Waals surface area (Å²) >= 11 is 0. The second-order valence-corrected chi connectivity index (χ2v) is 8.18. The molecule has 1 aromatic heterocycles. The highest BCUT2D eigenvalue weighted by molar-refractivity contribution is 7.92. The Hall–Kier alpha value is -2.54. The van der Waals surface area contributed by atoms with Gasteiger partial charge in [-0.05, 0) is 68.5 Å². The largest absolute Gasteiger partial charge is 0.497 e. The summed E-state index contributed by atoms with van der Waals surface area (Å²) in [5, 5.41) is 3.28. The van der Waals surface area contributed by atoms with Crippen molar-refractivity contribution in [2.45, 2.75) is 37.0 Å². The van der Waals surface area contributed by atoms with Gasteiger partial charge in [0.2, 0.25) is 0 Å². The maximum Gasteiger partial charge on any atom is 0.261 e. The summed E-state index contributed by atoms with van der Waals surface area (Å²) in [5.41, 5.74) is 1.93.